The third-order valence-corrected chi connectivity index (χ3v) is 4.16. The van der Waals surface area contributed by atoms with Crippen LogP contribution in [-0.2, 0) is 0 Å². The van der Waals surface area contributed by atoms with Crippen LogP contribution < -0.4 is 0 Å². The molecule has 2 heterocycles. The lowest BCUT2D eigenvalue weighted by molar-refractivity contribution is 0.0689. The van der Waals surface area contributed by atoms with Crippen LogP contribution in [0.2, 0.25) is 5.02 Å². The van der Waals surface area contributed by atoms with Crippen molar-refractivity contribution in [3.63, 3.8) is 0 Å². The van der Waals surface area contributed by atoms with E-state index in [0.29, 0.717) is 16.5 Å². The molecule has 4 aromatic rings. The van der Waals surface area contributed by atoms with Crippen molar-refractivity contribution in [3.8, 4) is 17.1 Å². The first kappa shape index (κ1) is 17.7. The topological polar surface area (TPSA) is 94.0 Å². The van der Waals surface area contributed by atoms with E-state index in [1.165, 1.54) is 4.68 Å². The van der Waals surface area contributed by atoms with Gasteiger partial charge in [-0.25, -0.2) is 9.48 Å². The van der Waals surface area contributed by atoms with Crippen LogP contribution in [0.25, 0.3) is 29.3 Å². The number of carbonyl (C=O) groups is 1. The highest BCUT2D eigenvalue weighted by atomic mass is 35.5. The highest BCUT2D eigenvalue weighted by Crippen LogP contribution is 2.21. The van der Waals surface area contributed by atoms with Gasteiger partial charge in [0.15, 0.2) is 5.69 Å². The molecule has 0 saturated carbocycles. The number of nitrogens with zero attached hydrogens (tertiary/aromatic N) is 4. The van der Waals surface area contributed by atoms with Crippen LogP contribution in [-0.4, -0.2) is 31.1 Å². The second-order valence-corrected chi connectivity index (χ2v) is 6.24. The molecule has 0 atom stereocenters. The molecule has 0 fully saturated rings. The molecule has 0 aliphatic rings. The zero-order chi connectivity index (χ0) is 19.5. The van der Waals surface area contributed by atoms with Crippen LogP contribution in [0.15, 0.2) is 65.2 Å². The molecule has 0 amide bonds. The van der Waals surface area contributed by atoms with Crippen LogP contribution in [0, 0.1) is 0 Å². The van der Waals surface area contributed by atoms with E-state index in [4.69, 9.17) is 16.0 Å². The zero-order valence-corrected chi connectivity index (χ0v) is 15.1. The number of benzene rings is 2. The van der Waals surface area contributed by atoms with Gasteiger partial charge in [-0.1, -0.05) is 29.8 Å². The summed E-state index contributed by atoms with van der Waals surface area (Å²) in [6.45, 7) is 0. The summed E-state index contributed by atoms with van der Waals surface area (Å²) < 4.78 is 7.11. The number of para-hydroxylation sites is 1. The lowest BCUT2D eigenvalue weighted by Gasteiger charge is -1.98. The average molecular weight is 393 g/mol. The SMILES string of the molecule is O=C(O)c1nn(-c2ccccc2)cc1C=Cc1nnc(-c2ccc(Cl)cc2)o1. The Labute approximate surface area is 164 Å². The molecule has 2 aromatic carbocycles. The van der Waals surface area contributed by atoms with Crippen molar-refractivity contribution in [2.45, 2.75) is 0 Å². The molecular formula is C20H13ClN4O3. The summed E-state index contributed by atoms with van der Waals surface area (Å²) in [6.07, 6.45) is 4.76. The predicted molar refractivity (Wildman–Crippen MR) is 104 cm³/mol. The molecule has 0 bridgehead atoms. The first-order valence-electron chi connectivity index (χ1n) is 8.26. The van der Waals surface area contributed by atoms with Gasteiger partial charge in [0.2, 0.25) is 11.8 Å². The highest BCUT2D eigenvalue weighted by Gasteiger charge is 2.15. The Balaban J connectivity index is 1.62. The number of hydrogen-bond acceptors (Lipinski definition) is 5. The summed E-state index contributed by atoms with van der Waals surface area (Å²) >= 11 is 5.87. The third kappa shape index (κ3) is 3.70. The van der Waals surface area contributed by atoms with E-state index >= 15 is 0 Å². The van der Waals surface area contributed by atoms with Crippen molar-refractivity contribution < 1.29 is 14.3 Å². The first-order chi connectivity index (χ1) is 13.6. The second-order valence-electron chi connectivity index (χ2n) is 5.80. The van der Waals surface area contributed by atoms with Crippen LogP contribution in [0.3, 0.4) is 0 Å². The molecule has 2 aromatic heterocycles. The van der Waals surface area contributed by atoms with Gasteiger partial charge < -0.3 is 9.52 Å². The van der Waals surface area contributed by atoms with E-state index in [2.05, 4.69) is 15.3 Å². The Kier molecular flexibility index (Phi) is 4.74. The minimum Gasteiger partial charge on any atom is -0.476 e. The van der Waals surface area contributed by atoms with Gasteiger partial charge in [0.25, 0.3) is 0 Å². The minimum absolute atomic E-state index is 0.0717. The smallest absolute Gasteiger partial charge is 0.357 e. The van der Waals surface area contributed by atoms with Gasteiger partial charge in [-0.05, 0) is 42.5 Å². The quantitative estimate of drug-likeness (QED) is 0.539. The first-order valence-corrected chi connectivity index (χ1v) is 8.64. The highest BCUT2D eigenvalue weighted by molar-refractivity contribution is 6.30. The number of carboxylic acid groups (broad SMARTS) is 1. The monoisotopic (exact) mass is 392 g/mol. The Morgan fingerprint density at radius 1 is 1.04 bits per heavy atom. The summed E-state index contributed by atoms with van der Waals surface area (Å²) in [5.41, 5.74) is 1.84. The molecule has 0 unspecified atom stereocenters. The lowest BCUT2D eigenvalue weighted by Crippen LogP contribution is -2.01. The van der Waals surface area contributed by atoms with Crippen molar-refractivity contribution in [3.05, 3.63) is 83.0 Å². The molecule has 1 N–H and O–H groups in total. The molecule has 4 rings (SSSR count). The summed E-state index contributed by atoms with van der Waals surface area (Å²) in [7, 11) is 0. The maximum Gasteiger partial charge on any atom is 0.357 e. The van der Waals surface area contributed by atoms with Crippen LogP contribution in [0.4, 0.5) is 0 Å². The fraction of sp³-hybridized carbons (Fsp3) is 0. The summed E-state index contributed by atoms with van der Waals surface area (Å²) in [6, 6.07) is 16.3. The number of halogens is 1. The van der Waals surface area contributed by atoms with E-state index < -0.39 is 5.97 Å². The van der Waals surface area contributed by atoms with Crippen molar-refractivity contribution in [2.24, 2.45) is 0 Å². The van der Waals surface area contributed by atoms with Crippen molar-refractivity contribution in [2.75, 3.05) is 0 Å². The fourth-order valence-corrected chi connectivity index (χ4v) is 2.69. The van der Waals surface area contributed by atoms with Gasteiger partial charge in [-0.15, -0.1) is 10.2 Å². The predicted octanol–water partition coefficient (Wildman–Crippen LogP) is 4.44. The summed E-state index contributed by atoms with van der Waals surface area (Å²) in [5, 5.41) is 22.1. The number of aromatic carboxylic acids is 1. The molecule has 7 nitrogen and oxygen atoms in total. The van der Waals surface area contributed by atoms with Crippen LogP contribution in [0.1, 0.15) is 21.9 Å². The molecule has 0 radical (unpaired) electrons. The van der Waals surface area contributed by atoms with E-state index in [-0.39, 0.29) is 11.6 Å². The van der Waals surface area contributed by atoms with E-state index in [0.717, 1.165) is 11.3 Å². The minimum atomic E-state index is -1.12. The summed E-state index contributed by atoms with van der Waals surface area (Å²) in [5.74, 6) is -0.537. The van der Waals surface area contributed by atoms with Crippen LogP contribution in [0.5, 0.6) is 0 Å². The van der Waals surface area contributed by atoms with Gasteiger partial charge in [-0.2, -0.15) is 5.10 Å². The Bertz CT molecular complexity index is 1150. The Hall–Kier alpha value is -3.71. The van der Waals surface area contributed by atoms with Crippen molar-refractivity contribution >= 4 is 29.7 Å². The Morgan fingerprint density at radius 3 is 2.50 bits per heavy atom. The van der Waals surface area contributed by atoms with Gasteiger partial charge in [0.1, 0.15) is 0 Å². The molecule has 0 aliphatic heterocycles. The number of rotatable bonds is 5. The van der Waals surface area contributed by atoms with E-state index in [1.54, 1.807) is 42.6 Å². The van der Waals surface area contributed by atoms with Crippen molar-refractivity contribution in [1.82, 2.24) is 20.0 Å². The zero-order valence-electron chi connectivity index (χ0n) is 14.4. The second kappa shape index (κ2) is 7.50. The van der Waals surface area contributed by atoms with Gasteiger partial charge in [-0.3, -0.25) is 0 Å². The average Bonchev–Trinajstić information content (AvgIpc) is 3.35. The van der Waals surface area contributed by atoms with Crippen molar-refractivity contribution in [1.29, 1.82) is 0 Å². The number of aromatic nitrogens is 4. The maximum absolute atomic E-state index is 11.5. The molecule has 0 spiro atoms. The molecule has 8 heteroatoms. The standard InChI is InChI=1S/C20H13ClN4O3/c21-15-9-6-13(7-10-15)19-23-22-17(28-19)11-8-14-12-25(24-18(14)20(26)27)16-4-2-1-3-5-16/h1-12H,(H,26,27). The lowest BCUT2D eigenvalue weighted by atomic mass is 10.2. The van der Waals surface area contributed by atoms with Gasteiger partial charge in [0, 0.05) is 28.4 Å². The molecule has 0 saturated heterocycles. The fourth-order valence-electron chi connectivity index (χ4n) is 2.56. The van der Waals surface area contributed by atoms with Gasteiger partial charge >= 0.3 is 5.97 Å². The maximum atomic E-state index is 11.5. The molecule has 138 valence electrons. The summed E-state index contributed by atoms with van der Waals surface area (Å²) in [4.78, 5) is 11.5. The van der Waals surface area contributed by atoms with E-state index in [1.807, 2.05) is 30.3 Å². The Morgan fingerprint density at radius 2 is 1.79 bits per heavy atom. The molecule has 28 heavy (non-hydrogen) atoms. The largest absolute Gasteiger partial charge is 0.476 e. The van der Waals surface area contributed by atoms with E-state index in [9.17, 15) is 9.90 Å². The third-order valence-electron chi connectivity index (χ3n) is 3.90. The molecule has 0 aliphatic carbocycles. The normalized spacial score (nSPS) is 11.2. The van der Waals surface area contributed by atoms with Crippen LogP contribution >= 0.6 is 11.6 Å². The van der Waals surface area contributed by atoms with Gasteiger partial charge in [0.05, 0.1) is 5.69 Å². The molecular weight excluding hydrogens is 380 g/mol. The number of carboxylic acids is 1. The number of hydrogen-bond donors (Lipinski definition) is 1.